The molecule has 0 unspecified atom stereocenters. The van der Waals surface area contributed by atoms with Crippen LogP contribution >= 0.6 is 34.5 Å². The van der Waals surface area contributed by atoms with Gasteiger partial charge < -0.3 is 9.47 Å². The molecule has 0 spiro atoms. The lowest BCUT2D eigenvalue weighted by molar-refractivity contribution is 0.174. The molecule has 0 saturated heterocycles. The molecule has 0 radical (unpaired) electrons. The molecule has 0 atom stereocenters. The molecule has 4 nitrogen and oxygen atoms in total. The van der Waals surface area contributed by atoms with Crippen LogP contribution < -0.4 is 9.47 Å². The van der Waals surface area contributed by atoms with Gasteiger partial charge in [0, 0.05) is 22.0 Å². The van der Waals surface area contributed by atoms with Crippen molar-refractivity contribution in [3.63, 3.8) is 0 Å². The SMILES string of the molecule is N#C/C(=C\c1cc2c(cc1Cl)OCO2)c1nc(-c2ccccc2Cl)cs1. The van der Waals surface area contributed by atoms with Crippen LogP contribution in [-0.4, -0.2) is 11.8 Å². The molecule has 7 heteroatoms. The summed E-state index contributed by atoms with van der Waals surface area (Å²) in [7, 11) is 0. The number of nitrogens with zero attached hydrogens (tertiary/aromatic N) is 2. The summed E-state index contributed by atoms with van der Waals surface area (Å²) in [6.07, 6.45) is 1.69. The van der Waals surface area contributed by atoms with Gasteiger partial charge in [0.2, 0.25) is 6.79 Å². The van der Waals surface area contributed by atoms with Gasteiger partial charge in [-0.15, -0.1) is 11.3 Å². The lowest BCUT2D eigenvalue weighted by atomic mass is 10.1. The van der Waals surface area contributed by atoms with Crippen molar-refractivity contribution in [2.24, 2.45) is 0 Å². The molecular weight excluding hydrogens is 391 g/mol. The lowest BCUT2D eigenvalue weighted by Crippen LogP contribution is -1.92. The van der Waals surface area contributed by atoms with E-state index in [9.17, 15) is 5.26 Å². The Bertz CT molecular complexity index is 1070. The summed E-state index contributed by atoms with van der Waals surface area (Å²) in [5.74, 6) is 1.20. The quantitative estimate of drug-likeness (QED) is 0.512. The fraction of sp³-hybridized carbons (Fsp3) is 0.0526. The number of thiazole rings is 1. The van der Waals surface area contributed by atoms with Crippen molar-refractivity contribution in [3.05, 3.63) is 62.4 Å². The molecule has 0 aliphatic carbocycles. The first-order valence-corrected chi connectivity index (χ1v) is 9.21. The number of rotatable bonds is 3. The van der Waals surface area contributed by atoms with Gasteiger partial charge in [-0.3, -0.25) is 0 Å². The number of hydrogen-bond donors (Lipinski definition) is 0. The van der Waals surface area contributed by atoms with E-state index in [2.05, 4.69) is 11.1 Å². The highest BCUT2D eigenvalue weighted by molar-refractivity contribution is 7.11. The monoisotopic (exact) mass is 400 g/mol. The van der Waals surface area contributed by atoms with Crippen molar-refractivity contribution in [2.75, 3.05) is 6.79 Å². The van der Waals surface area contributed by atoms with E-state index in [1.807, 2.05) is 29.6 Å². The maximum absolute atomic E-state index is 9.58. The van der Waals surface area contributed by atoms with Crippen molar-refractivity contribution in [3.8, 4) is 28.8 Å². The number of fused-ring (bicyclic) bond motifs is 1. The molecule has 0 fully saturated rings. The molecule has 1 aliphatic rings. The van der Waals surface area contributed by atoms with Crippen molar-refractivity contribution in [1.82, 2.24) is 4.98 Å². The van der Waals surface area contributed by atoms with Gasteiger partial charge >= 0.3 is 0 Å². The van der Waals surface area contributed by atoms with E-state index in [0.717, 1.165) is 11.3 Å². The molecule has 3 aromatic rings. The van der Waals surface area contributed by atoms with Gasteiger partial charge in [0.05, 0.1) is 16.3 Å². The number of hydrogen-bond acceptors (Lipinski definition) is 5. The minimum absolute atomic E-state index is 0.164. The largest absolute Gasteiger partial charge is 0.454 e. The fourth-order valence-corrected chi connectivity index (χ4v) is 3.76. The second-order valence-electron chi connectivity index (χ2n) is 5.41. The maximum atomic E-state index is 9.58. The van der Waals surface area contributed by atoms with E-state index in [1.165, 1.54) is 11.3 Å². The molecule has 0 N–H and O–H groups in total. The second kappa shape index (κ2) is 7.00. The third-order valence-corrected chi connectivity index (χ3v) is 5.33. The van der Waals surface area contributed by atoms with Gasteiger partial charge in [-0.1, -0.05) is 41.4 Å². The van der Waals surface area contributed by atoms with Crippen LogP contribution in [0.3, 0.4) is 0 Å². The van der Waals surface area contributed by atoms with Crippen LogP contribution in [0.25, 0.3) is 22.9 Å². The summed E-state index contributed by atoms with van der Waals surface area (Å²) >= 11 is 13.9. The first-order valence-electron chi connectivity index (χ1n) is 7.57. The Morgan fingerprint density at radius 2 is 1.92 bits per heavy atom. The maximum Gasteiger partial charge on any atom is 0.231 e. The molecule has 0 saturated carbocycles. The Morgan fingerprint density at radius 1 is 1.15 bits per heavy atom. The number of aromatic nitrogens is 1. The third-order valence-electron chi connectivity index (χ3n) is 3.80. The summed E-state index contributed by atoms with van der Waals surface area (Å²) in [5.41, 5.74) is 2.64. The molecule has 26 heavy (non-hydrogen) atoms. The minimum atomic E-state index is 0.164. The minimum Gasteiger partial charge on any atom is -0.454 e. The Balaban J connectivity index is 1.72. The molecule has 0 bridgehead atoms. The van der Waals surface area contributed by atoms with Gasteiger partial charge in [0.25, 0.3) is 0 Å². The van der Waals surface area contributed by atoms with Gasteiger partial charge in [-0.2, -0.15) is 5.26 Å². The Kier molecular flexibility index (Phi) is 4.56. The smallest absolute Gasteiger partial charge is 0.231 e. The van der Waals surface area contributed by atoms with Crippen LogP contribution in [0.5, 0.6) is 11.5 Å². The average Bonchev–Trinajstić information content (AvgIpc) is 3.29. The number of allylic oxidation sites excluding steroid dienone is 1. The number of ether oxygens (including phenoxy) is 2. The van der Waals surface area contributed by atoms with Crippen LogP contribution in [0.2, 0.25) is 10.0 Å². The standard InChI is InChI=1S/C19H10Cl2N2O2S/c20-14-4-2-1-3-13(14)16-9-26-19(23-16)12(8-22)5-11-6-17-18(7-15(11)21)25-10-24-17/h1-7,9H,10H2/b12-5+. The highest BCUT2D eigenvalue weighted by Gasteiger charge is 2.17. The number of benzene rings is 2. The van der Waals surface area contributed by atoms with E-state index in [4.69, 9.17) is 32.7 Å². The molecule has 1 aliphatic heterocycles. The molecule has 4 rings (SSSR count). The number of halogens is 2. The summed E-state index contributed by atoms with van der Waals surface area (Å²) < 4.78 is 10.7. The normalized spacial score (nSPS) is 12.9. The molecule has 128 valence electrons. The van der Waals surface area contributed by atoms with Crippen LogP contribution in [0.15, 0.2) is 41.8 Å². The Labute approximate surface area is 163 Å². The first kappa shape index (κ1) is 16.9. The van der Waals surface area contributed by atoms with Crippen LogP contribution in [0.4, 0.5) is 0 Å². The lowest BCUT2D eigenvalue weighted by Gasteiger charge is -2.02. The van der Waals surface area contributed by atoms with Crippen molar-refractivity contribution in [1.29, 1.82) is 5.26 Å². The van der Waals surface area contributed by atoms with Crippen molar-refractivity contribution >= 4 is 46.2 Å². The molecule has 2 aromatic carbocycles. The average molecular weight is 401 g/mol. The Hall–Kier alpha value is -2.52. The van der Waals surface area contributed by atoms with Crippen LogP contribution in [0, 0.1) is 11.3 Å². The summed E-state index contributed by atoms with van der Waals surface area (Å²) in [6.45, 7) is 0.164. The topological polar surface area (TPSA) is 55.1 Å². The Morgan fingerprint density at radius 3 is 2.69 bits per heavy atom. The third kappa shape index (κ3) is 3.15. The van der Waals surface area contributed by atoms with E-state index in [0.29, 0.717) is 37.7 Å². The van der Waals surface area contributed by atoms with Gasteiger partial charge in [0.1, 0.15) is 11.1 Å². The molecule has 2 heterocycles. The van der Waals surface area contributed by atoms with Crippen LogP contribution in [-0.2, 0) is 0 Å². The van der Waals surface area contributed by atoms with E-state index >= 15 is 0 Å². The van der Waals surface area contributed by atoms with Crippen molar-refractivity contribution in [2.45, 2.75) is 0 Å². The van der Waals surface area contributed by atoms with Crippen molar-refractivity contribution < 1.29 is 9.47 Å². The highest BCUT2D eigenvalue weighted by Crippen LogP contribution is 2.38. The zero-order chi connectivity index (χ0) is 18.1. The molecule has 1 aromatic heterocycles. The summed E-state index contributed by atoms with van der Waals surface area (Å²) in [6, 6.07) is 13.1. The number of nitriles is 1. The predicted molar refractivity (Wildman–Crippen MR) is 104 cm³/mol. The fourth-order valence-electron chi connectivity index (χ4n) is 2.53. The van der Waals surface area contributed by atoms with Crippen LogP contribution in [0.1, 0.15) is 10.6 Å². The van der Waals surface area contributed by atoms with E-state index in [-0.39, 0.29) is 6.79 Å². The molecular formula is C19H10Cl2N2O2S. The first-order chi connectivity index (χ1) is 12.7. The van der Waals surface area contributed by atoms with Gasteiger partial charge in [0.15, 0.2) is 11.5 Å². The van der Waals surface area contributed by atoms with Gasteiger partial charge in [-0.25, -0.2) is 4.98 Å². The zero-order valence-electron chi connectivity index (χ0n) is 13.2. The summed E-state index contributed by atoms with van der Waals surface area (Å²) in [4.78, 5) is 4.56. The van der Waals surface area contributed by atoms with E-state index in [1.54, 1.807) is 18.2 Å². The van der Waals surface area contributed by atoms with Gasteiger partial charge in [-0.05, 0) is 23.8 Å². The summed E-state index contributed by atoms with van der Waals surface area (Å²) in [5, 5.41) is 13.1. The highest BCUT2D eigenvalue weighted by atomic mass is 35.5. The predicted octanol–water partition coefficient (Wildman–Crippen LogP) is 5.91. The molecule has 0 amide bonds. The zero-order valence-corrected chi connectivity index (χ0v) is 15.5. The van der Waals surface area contributed by atoms with E-state index < -0.39 is 0 Å². The second-order valence-corrected chi connectivity index (χ2v) is 7.09.